The van der Waals surface area contributed by atoms with Crippen LogP contribution in [0.15, 0.2) is 46.9 Å². The topological polar surface area (TPSA) is 70.7 Å². The first-order chi connectivity index (χ1) is 12.4. The number of rotatable bonds is 6. The molecule has 3 rings (SSSR count). The van der Waals surface area contributed by atoms with Gasteiger partial charge in [-0.05, 0) is 23.6 Å². The second-order valence-corrected chi connectivity index (χ2v) is 7.18. The number of H-pyrrole nitrogens is 1. The van der Waals surface area contributed by atoms with Crippen molar-refractivity contribution in [2.45, 2.75) is 17.8 Å². The van der Waals surface area contributed by atoms with Crippen LogP contribution in [0.5, 0.6) is 0 Å². The summed E-state index contributed by atoms with van der Waals surface area (Å²) in [6, 6.07) is 8.77. The Bertz CT molecular complexity index is 878. The summed E-state index contributed by atoms with van der Waals surface area (Å²) in [5, 5.41) is 11.4. The van der Waals surface area contributed by atoms with E-state index in [2.05, 4.69) is 20.5 Å². The van der Waals surface area contributed by atoms with E-state index >= 15 is 0 Å². The summed E-state index contributed by atoms with van der Waals surface area (Å²) in [7, 11) is 0. The number of hydrogen-bond acceptors (Lipinski definition) is 5. The summed E-state index contributed by atoms with van der Waals surface area (Å²) < 4.78 is 38.8. The van der Waals surface area contributed by atoms with Crippen molar-refractivity contribution in [1.82, 2.24) is 15.2 Å². The van der Waals surface area contributed by atoms with Crippen molar-refractivity contribution >= 4 is 34.7 Å². The molecule has 0 saturated carbocycles. The number of nitrogens with one attached hydrogen (secondary N) is 2. The van der Waals surface area contributed by atoms with Crippen molar-refractivity contribution in [3.8, 4) is 0 Å². The summed E-state index contributed by atoms with van der Waals surface area (Å²) >= 11 is 2.65. The summed E-state index contributed by atoms with van der Waals surface area (Å²) in [4.78, 5) is 17.4. The predicted molar refractivity (Wildman–Crippen MR) is 94.3 cm³/mol. The van der Waals surface area contributed by atoms with E-state index < -0.39 is 17.6 Å². The Morgan fingerprint density at radius 2 is 2.04 bits per heavy atom. The van der Waals surface area contributed by atoms with Crippen LogP contribution >= 0.6 is 23.1 Å². The molecule has 0 aliphatic carbocycles. The molecule has 26 heavy (non-hydrogen) atoms. The highest BCUT2D eigenvalue weighted by molar-refractivity contribution is 7.99. The monoisotopic (exact) mass is 398 g/mol. The number of carbonyl (C=O) groups excluding carboxylic acids is 1. The van der Waals surface area contributed by atoms with E-state index in [0.29, 0.717) is 17.4 Å². The van der Waals surface area contributed by atoms with Gasteiger partial charge in [-0.1, -0.05) is 30.0 Å². The molecule has 2 N–H and O–H groups in total. The van der Waals surface area contributed by atoms with E-state index in [1.165, 1.54) is 18.2 Å². The molecule has 136 valence electrons. The molecule has 0 aliphatic heterocycles. The molecular formula is C16H13F3N4OS2. The molecule has 2 aromatic heterocycles. The van der Waals surface area contributed by atoms with Crippen molar-refractivity contribution in [1.29, 1.82) is 0 Å². The third kappa shape index (κ3) is 4.85. The van der Waals surface area contributed by atoms with Gasteiger partial charge >= 0.3 is 6.18 Å². The van der Waals surface area contributed by atoms with Gasteiger partial charge in [-0.15, -0.1) is 16.4 Å². The molecule has 0 saturated heterocycles. The average molecular weight is 398 g/mol. The first kappa shape index (κ1) is 18.5. The van der Waals surface area contributed by atoms with Gasteiger partial charge in [-0.25, -0.2) is 4.98 Å². The number of aromatic nitrogens is 3. The highest BCUT2D eigenvalue weighted by atomic mass is 32.2. The Labute approximate surface area is 155 Å². The van der Waals surface area contributed by atoms with Gasteiger partial charge in [0.25, 0.3) is 0 Å². The van der Waals surface area contributed by atoms with Crippen molar-refractivity contribution in [2.24, 2.45) is 0 Å². The zero-order chi connectivity index (χ0) is 18.6. The second-order valence-electron chi connectivity index (χ2n) is 5.20. The minimum absolute atomic E-state index is 0.0948. The van der Waals surface area contributed by atoms with Crippen LogP contribution in [0.1, 0.15) is 16.3 Å². The largest absolute Gasteiger partial charge is 0.418 e. The van der Waals surface area contributed by atoms with Crippen molar-refractivity contribution in [2.75, 3.05) is 11.1 Å². The first-order valence-corrected chi connectivity index (χ1v) is 9.31. The smallest absolute Gasteiger partial charge is 0.325 e. The second kappa shape index (κ2) is 7.92. The van der Waals surface area contributed by atoms with Gasteiger partial charge in [0, 0.05) is 11.3 Å². The molecule has 0 aliphatic rings. The summed E-state index contributed by atoms with van der Waals surface area (Å²) in [6.45, 7) is 0. The van der Waals surface area contributed by atoms with Gasteiger partial charge in [0.1, 0.15) is 5.82 Å². The zero-order valence-electron chi connectivity index (χ0n) is 13.2. The Balaban J connectivity index is 1.56. The fourth-order valence-electron chi connectivity index (χ4n) is 2.16. The molecule has 0 atom stereocenters. The van der Waals surface area contributed by atoms with Crippen molar-refractivity contribution < 1.29 is 18.0 Å². The Hall–Kier alpha value is -2.33. The number of thiophene rings is 1. The number of thioether (sulfide) groups is 1. The molecule has 0 unspecified atom stereocenters. The normalized spacial score (nSPS) is 11.5. The van der Waals surface area contributed by atoms with E-state index in [-0.39, 0.29) is 11.4 Å². The van der Waals surface area contributed by atoms with Gasteiger partial charge in [0.15, 0.2) is 0 Å². The number of aromatic amines is 1. The lowest BCUT2D eigenvalue weighted by Gasteiger charge is -2.13. The van der Waals surface area contributed by atoms with Gasteiger partial charge in [0.2, 0.25) is 11.1 Å². The molecule has 1 aromatic carbocycles. The Morgan fingerprint density at radius 1 is 1.23 bits per heavy atom. The number of alkyl halides is 3. The molecule has 0 radical (unpaired) electrons. The highest BCUT2D eigenvalue weighted by Crippen LogP contribution is 2.34. The molecule has 2 heterocycles. The van der Waals surface area contributed by atoms with Crippen LogP contribution in [-0.2, 0) is 17.4 Å². The minimum Gasteiger partial charge on any atom is -0.325 e. The zero-order valence-corrected chi connectivity index (χ0v) is 14.8. The van der Waals surface area contributed by atoms with Crippen LogP contribution in [0.3, 0.4) is 0 Å². The van der Waals surface area contributed by atoms with Crippen molar-refractivity contribution in [3.05, 3.63) is 58.0 Å². The number of nitrogens with zero attached hydrogens (tertiary/aromatic N) is 2. The molecule has 0 bridgehead atoms. The van der Waals surface area contributed by atoms with Crippen LogP contribution in [0.25, 0.3) is 0 Å². The number of amides is 1. The van der Waals surface area contributed by atoms with Crippen LogP contribution in [-0.4, -0.2) is 26.8 Å². The summed E-state index contributed by atoms with van der Waals surface area (Å²) in [5.41, 5.74) is -1.14. The summed E-state index contributed by atoms with van der Waals surface area (Å²) in [6.07, 6.45) is -3.92. The quantitative estimate of drug-likeness (QED) is 0.611. The van der Waals surface area contributed by atoms with E-state index in [1.807, 2.05) is 17.5 Å². The molecule has 3 aromatic rings. The standard InChI is InChI=1S/C16H13F3N4OS2/c17-16(18,19)11-5-1-2-6-12(11)20-14(24)9-26-15-21-13(22-23-15)8-10-4-3-7-25-10/h1-7H,8-9H2,(H,20,24)(H,21,22,23). The fraction of sp³-hybridized carbons (Fsp3) is 0.188. The number of anilines is 1. The number of carbonyl (C=O) groups is 1. The Morgan fingerprint density at radius 3 is 2.77 bits per heavy atom. The predicted octanol–water partition coefficient (Wildman–Crippen LogP) is 4.21. The van der Waals surface area contributed by atoms with Crippen LogP contribution in [0.4, 0.5) is 18.9 Å². The SMILES string of the molecule is O=C(CSc1n[nH]c(Cc2cccs2)n1)Nc1ccccc1C(F)(F)F. The Kier molecular flexibility index (Phi) is 5.62. The van der Waals surface area contributed by atoms with E-state index in [4.69, 9.17) is 0 Å². The van der Waals surface area contributed by atoms with Crippen LogP contribution in [0, 0.1) is 0 Å². The first-order valence-electron chi connectivity index (χ1n) is 7.44. The molecule has 0 spiro atoms. The maximum absolute atomic E-state index is 12.9. The third-order valence-electron chi connectivity index (χ3n) is 3.27. The van der Waals surface area contributed by atoms with Gasteiger partial charge in [-0.2, -0.15) is 13.2 Å². The van der Waals surface area contributed by atoms with Gasteiger partial charge in [0.05, 0.1) is 17.0 Å². The molecule has 1 amide bonds. The lowest BCUT2D eigenvalue weighted by molar-refractivity contribution is -0.137. The lowest BCUT2D eigenvalue weighted by atomic mass is 10.1. The number of para-hydroxylation sites is 1. The average Bonchev–Trinajstić information content (AvgIpc) is 3.25. The van der Waals surface area contributed by atoms with Crippen molar-refractivity contribution in [3.63, 3.8) is 0 Å². The molecule has 5 nitrogen and oxygen atoms in total. The lowest BCUT2D eigenvalue weighted by Crippen LogP contribution is -2.18. The minimum atomic E-state index is -4.53. The van der Waals surface area contributed by atoms with E-state index in [0.717, 1.165) is 22.7 Å². The van der Waals surface area contributed by atoms with Crippen LogP contribution < -0.4 is 5.32 Å². The van der Waals surface area contributed by atoms with E-state index in [9.17, 15) is 18.0 Å². The van der Waals surface area contributed by atoms with E-state index in [1.54, 1.807) is 11.3 Å². The van der Waals surface area contributed by atoms with Gasteiger partial charge < -0.3 is 5.32 Å². The molecule has 10 heteroatoms. The molecule has 0 fully saturated rings. The maximum atomic E-state index is 12.9. The number of halogens is 3. The summed E-state index contributed by atoms with van der Waals surface area (Å²) in [5.74, 6) is 0.0109. The van der Waals surface area contributed by atoms with Gasteiger partial charge in [-0.3, -0.25) is 9.89 Å². The number of hydrogen-bond donors (Lipinski definition) is 2. The fourth-order valence-corrected chi connectivity index (χ4v) is 3.48. The molecular weight excluding hydrogens is 385 g/mol. The van der Waals surface area contributed by atoms with Crippen LogP contribution in [0.2, 0.25) is 0 Å². The highest BCUT2D eigenvalue weighted by Gasteiger charge is 2.33. The maximum Gasteiger partial charge on any atom is 0.418 e. The number of benzene rings is 1. The third-order valence-corrected chi connectivity index (χ3v) is 5.00.